The first-order valence-corrected chi connectivity index (χ1v) is 6.99. The maximum absolute atomic E-state index is 11.3. The van der Waals surface area contributed by atoms with Crippen LogP contribution in [0.25, 0.3) is 0 Å². The molecular weight excluding hydrogens is 294 g/mol. The molecule has 1 aliphatic rings. The fourth-order valence-corrected chi connectivity index (χ4v) is 3.39. The lowest BCUT2D eigenvalue weighted by Crippen LogP contribution is -2.10. The van der Waals surface area contributed by atoms with Crippen molar-refractivity contribution >= 4 is 46.3 Å². The van der Waals surface area contributed by atoms with Gasteiger partial charge in [-0.15, -0.1) is 10.2 Å². The molecule has 5 nitrogen and oxygen atoms in total. The molecule has 1 amide bonds. The maximum Gasteiger partial charge on any atom is 0.257 e. The second-order valence-electron chi connectivity index (χ2n) is 3.57. The Morgan fingerprint density at radius 3 is 3.06 bits per heavy atom. The summed E-state index contributed by atoms with van der Waals surface area (Å²) in [5.74, 6) is -0.431. The summed E-state index contributed by atoms with van der Waals surface area (Å²) in [6.07, 6.45) is -1.14. The van der Waals surface area contributed by atoms with Crippen LogP contribution in [0.15, 0.2) is 26.9 Å². The van der Waals surface area contributed by atoms with E-state index in [1.54, 1.807) is 17.6 Å². The van der Waals surface area contributed by atoms with Crippen molar-refractivity contribution in [1.29, 1.82) is 0 Å². The Bertz CT molecular complexity index is 618. The first-order chi connectivity index (χ1) is 8.65. The standard InChI is InChI=1S/C10H6ClN3O2S2/c11-5-1-4-6(13-9(16)8(4)15)2-7(5)18-10-14-12-3-17-10/h1-3,8,15H,(H,13,16). The minimum Gasteiger partial charge on any atom is -0.378 e. The van der Waals surface area contributed by atoms with Gasteiger partial charge in [-0.05, 0) is 12.1 Å². The van der Waals surface area contributed by atoms with Gasteiger partial charge in [-0.1, -0.05) is 34.7 Å². The van der Waals surface area contributed by atoms with E-state index in [1.807, 2.05) is 0 Å². The Morgan fingerprint density at radius 2 is 2.33 bits per heavy atom. The quantitative estimate of drug-likeness (QED) is 0.890. The lowest BCUT2D eigenvalue weighted by Gasteiger charge is -2.06. The van der Waals surface area contributed by atoms with Gasteiger partial charge in [0.25, 0.3) is 5.91 Å². The first-order valence-electron chi connectivity index (χ1n) is 4.91. The highest BCUT2D eigenvalue weighted by Gasteiger charge is 2.29. The molecule has 0 spiro atoms. The Balaban J connectivity index is 1.98. The fourth-order valence-electron chi connectivity index (χ4n) is 1.63. The van der Waals surface area contributed by atoms with Crippen LogP contribution in [0.4, 0.5) is 5.69 Å². The van der Waals surface area contributed by atoms with Crippen LogP contribution in [-0.2, 0) is 4.79 Å². The molecule has 0 aliphatic carbocycles. The number of halogens is 1. The van der Waals surface area contributed by atoms with Crippen molar-refractivity contribution in [2.75, 3.05) is 5.32 Å². The van der Waals surface area contributed by atoms with Gasteiger partial charge in [-0.3, -0.25) is 4.79 Å². The molecule has 2 heterocycles. The molecule has 1 aliphatic heterocycles. The van der Waals surface area contributed by atoms with Gasteiger partial charge in [0, 0.05) is 16.1 Å². The van der Waals surface area contributed by atoms with Gasteiger partial charge in [0.1, 0.15) is 5.51 Å². The number of aliphatic hydroxyl groups is 1. The van der Waals surface area contributed by atoms with Crippen LogP contribution < -0.4 is 5.32 Å². The molecule has 3 rings (SSSR count). The van der Waals surface area contributed by atoms with Crippen LogP contribution in [0, 0.1) is 0 Å². The summed E-state index contributed by atoms with van der Waals surface area (Å²) in [6, 6.07) is 3.33. The lowest BCUT2D eigenvalue weighted by atomic mass is 10.1. The van der Waals surface area contributed by atoms with E-state index in [4.69, 9.17) is 11.6 Å². The van der Waals surface area contributed by atoms with E-state index in [2.05, 4.69) is 15.5 Å². The van der Waals surface area contributed by atoms with Crippen molar-refractivity contribution < 1.29 is 9.90 Å². The number of benzene rings is 1. The molecule has 18 heavy (non-hydrogen) atoms. The smallest absolute Gasteiger partial charge is 0.257 e. The van der Waals surface area contributed by atoms with Gasteiger partial charge in [0.05, 0.1) is 5.02 Å². The van der Waals surface area contributed by atoms with Gasteiger partial charge in [0.15, 0.2) is 10.4 Å². The molecule has 1 aromatic heterocycles. The number of fused-ring (bicyclic) bond motifs is 1. The van der Waals surface area contributed by atoms with Crippen LogP contribution in [-0.4, -0.2) is 21.2 Å². The monoisotopic (exact) mass is 299 g/mol. The van der Waals surface area contributed by atoms with E-state index in [0.717, 1.165) is 9.24 Å². The molecular formula is C10H6ClN3O2S2. The molecule has 2 N–H and O–H groups in total. The van der Waals surface area contributed by atoms with E-state index >= 15 is 0 Å². The van der Waals surface area contributed by atoms with Crippen molar-refractivity contribution in [1.82, 2.24) is 10.2 Å². The highest BCUT2D eigenvalue weighted by atomic mass is 35.5. The van der Waals surface area contributed by atoms with E-state index in [-0.39, 0.29) is 0 Å². The third kappa shape index (κ3) is 1.99. The number of hydrogen-bond acceptors (Lipinski definition) is 6. The van der Waals surface area contributed by atoms with Gasteiger partial charge in [-0.2, -0.15) is 0 Å². The van der Waals surface area contributed by atoms with Gasteiger partial charge in [-0.25, -0.2) is 0 Å². The lowest BCUT2D eigenvalue weighted by molar-refractivity contribution is -0.123. The Kier molecular flexibility index (Phi) is 2.98. The second kappa shape index (κ2) is 4.51. The molecule has 1 aromatic carbocycles. The predicted octanol–water partition coefficient (Wildman–Crippen LogP) is 2.33. The summed E-state index contributed by atoms with van der Waals surface area (Å²) in [7, 11) is 0. The summed E-state index contributed by atoms with van der Waals surface area (Å²) in [5.41, 5.74) is 2.73. The molecule has 0 saturated carbocycles. The average Bonchev–Trinajstić information content (AvgIpc) is 2.92. The van der Waals surface area contributed by atoms with Gasteiger partial charge >= 0.3 is 0 Å². The molecule has 0 bridgehead atoms. The molecule has 0 fully saturated rings. The molecule has 1 unspecified atom stereocenters. The molecule has 1 atom stereocenters. The molecule has 2 aromatic rings. The Morgan fingerprint density at radius 1 is 1.50 bits per heavy atom. The highest BCUT2D eigenvalue weighted by molar-refractivity contribution is 8.01. The molecule has 0 radical (unpaired) electrons. The van der Waals surface area contributed by atoms with Crippen molar-refractivity contribution in [3.63, 3.8) is 0 Å². The van der Waals surface area contributed by atoms with Crippen LogP contribution in [0.3, 0.4) is 0 Å². The number of amides is 1. The largest absolute Gasteiger partial charge is 0.378 e. The molecule has 0 saturated heterocycles. The SMILES string of the molecule is O=C1Nc2cc(Sc3nncs3)c(Cl)cc2C1O. The van der Waals surface area contributed by atoms with Crippen LogP contribution in [0.2, 0.25) is 5.02 Å². The summed E-state index contributed by atoms with van der Waals surface area (Å²) >= 11 is 8.90. The number of aliphatic hydroxyl groups excluding tert-OH is 1. The minimum absolute atomic E-state index is 0.431. The van der Waals surface area contributed by atoms with Crippen molar-refractivity contribution in [3.8, 4) is 0 Å². The second-order valence-corrected chi connectivity index (χ2v) is 6.10. The summed E-state index contributed by atoms with van der Waals surface area (Å²) in [6.45, 7) is 0. The number of rotatable bonds is 2. The zero-order chi connectivity index (χ0) is 12.7. The Labute approximate surface area is 115 Å². The number of anilines is 1. The topological polar surface area (TPSA) is 75.1 Å². The summed E-state index contributed by atoms with van der Waals surface area (Å²) in [5, 5.41) is 20.4. The van der Waals surface area contributed by atoms with Crippen LogP contribution >= 0.6 is 34.7 Å². The number of nitrogens with one attached hydrogen (secondary N) is 1. The van der Waals surface area contributed by atoms with E-state index < -0.39 is 12.0 Å². The van der Waals surface area contributed by atoms with Crippen LogP contribution in [0.5, 0.6) is 0 Å². The molecule has 92 valence electrons. The normalized spacial score (nSPS) is 17.7. The van der Waals surface area contributed by atoms with E-state index in [1.165, 1.54) is 23.1 Å². The fraction of sp³-hybridized carbons (Fsp3) is 0.100. The highest BCUT2D eigenvalue weighted by Crippen LogP contribution is 2.41. The summed E-state index contributed by atoms with van der Waals surface area (Å²) < 4.78 is 0.765. The zero-order valence-corrected chi connectivity index (χ0v) is 11.1. The van der Waals surface area contributed by atoms with Crippen molar-refractivity contribution in [2.45, 2.75) is 15.3 Å². The number of carbonyl (C=O) groups excluding carboxylic acids is 1. The van der Waals surface area contributed by atoms with Crippen molar-refractivity contribution in [3.05, 3.63) is 28.2 Å². The number of hydrogen-bond donors (Lipinski definition) is 2. The van der Waals surface area contributed by atoms with Crippen molar-refractivity contribution in [2.24, 2.45) is 0 Å². The third-order valence-corrected chi connectivity index (χ3v) is 4.70. The summed E-state index contributed by atoms with van der Waals surface area (Å²) in [4.78, 5) is 12.1. The maximum atomic E-state index is 11.3. The third-order valence-electron chi connectivity index (χ3n) is 2.44. The molecule has 8 heteroatoms. The number of aromatic nitrogens is 2. The van der Waals surface area contributed by atoms with E-state index in [9.17, 15) is 9.90 Å². The Hall–Kier alpha value is -1.15. The van der Waals surface area contributed by atoms with E-state index in [0.29, 0.717) is 16.3 Å². The zero-order valence-electron chi connectivity index (χ0n) is 8.75. The predicted molar refractivity (Wildman–Crippen MR) is 69.1 cm³/mol. The number of carbonyl (C=O) groups is 1. The van der Waals surface area contributed by atoms with Gasteiger partial charge < -0.3 is 10.4 Å². The minimum atomic E-state index is -1.14. The number of nitrogens with zero attached hydrogens (tertiary/aromatic N) is 2. The van der Waals surface area contributed by atoms with Gasteiger partial charge in [0.2, 0.25) is 0 Å². The average molecular weight is 300 g/mol. The van der Waals surface area contributed by atoms with Crippen LogP contribution in [0.1, 0.15) is 11.7 Å². The first kappa shape index (κ1) is 11.9.